The number of ether oxygens (including phenoxy) is 1. The molecule has 0 spiro atoms. The molecule has 1 aromatic rings. The summed E-state index contributed by atoms with van der Waals surface area (Å²) in [6, 6.07) is 6.06. The van der Waals surface area contributed by atoms with Gasteiger partial charge < -0.3 is 10.5 Å². The van der Waals surface area contributed by atoms with Crippen molar-refractivity contribution >= 4 is 0 Å². The number of hydrogen-bond donors (Lipinski definition) is 1. The lowest BCUT2D eigenvalue weighted by molar-refractivity contribution is -0.0328. The Balaban J connectivity index is 1.95. The van der Waals surface area contributed by atoms with E-state index in [0.29, 0.717) is 12.6 Å². The number of nitrogens with two attached hydrogens (primary N) is 1. The number of rotatable bonds is 4. The zero-order chi connectivity index (χ0) is 12.1. The van der Waals surface area contributed by atoms with E-state index in [4.69, 9.17) is 10.5 Å². The van der Waals surface area contributed by atoms with Gasteiger partial charge in [-0.3, -0.25) is 9.88 Å². The summed E-state index contributed by atoms with van der Waals surface area (Å²) in [7, 11) is 0. The van der Waals surface area contributed by atoms with Crippen LogP contribution in [0.2, 0.25) is 0 Å². The molecule has 0 aliphatic carbocycles. The highest BCUT2D eigenvalue weighted by molar-refractivity contribution is 5.11. The van der Waals surface area contributed by atoms with Gasteiger partial charge in [-0.15, -0.1) is 0 Å². The van der Waals surface area contributed by atoms with Gasteiger partial charge in [0.15, 0.2) is 0 Å². The second kappa shape index (κ2) is 6.10. The maximum Gasteiger partial charge on any atom is 0.0700 e. The van der Waals surface area contributed by atoms with Gasteiger partial charge in [0.2, 0.25) is 0 Å². The van der Waals surface area contributed by atoms with Gasteiger partial charge in [0.1, 0.15) is 0 Å². The van der Waals surface area contributed by atoms with Gasteiger partial charge in [0.05, 0.1) is 24.1 Å². The van der Waals surface area contributed by atoms with Crippen LogP contribution in [0.15, 0.2) is 18.2 Å². The molecule has 1 aromatic heterocycles. The fourth-order valence-corrected chi connectivity index (χ4v) is 2.13. The Hall–Kier alpha value is -0.970. The van der Waals surface area contributed by atoms with E-state index in [1.54, 1.807) is 0 Å². The Kier molecular flexibility index (Phi) is 4.48. The lowest BCUT2D eigenvalue weighted by Crippen LogP contribution is -2.41. The van der Waals surface area contributed by atoms with Crippen LogP contribution in [-0.4, -0.2) is 35.7 Å². The summed E-state index contributed by atoms with van der Waals surface area (Å²) in [6.45, 7) is 6.40. The Morgan fingerprint density at radius 3 is 3.06 bits per heavy atom. The van der Waals surface area contributed by atoms with Crippen molar-refractivity contribution in [1.82, 2.24) is 9.88 Å². The zero-order valence-corrected chi connectivity index (χ0v) is 10.4. The molecular formula is C13H21N3O. The summed E-state index contributed by atoms with van der Waals surface area (Å²) in [5, 5.41) is 0. The molecule has 1 aliphatic rings. The van der Waals surface area contributed by atoms with Crippen LogP contribution < -0.4 is 5.73 Å². The number of nitrogens with zero attached hydrogens (tertiary/aromatic N) is 2. The molecule has 0 bridgehead atoms. The first-order valence-electron chi connectivity index (χ1n) is 6.30. The topological polar surface area (TPSA) is 51.4 Å². The maximum absolute atomic E-state index is 5.66. The lowest BCUT2D eigenvalue weighted by Gasteiger charge is -2.32. The largest absolute Gasteiger partial charge is 0.376 e. The highest BCUT2D eigenvalue weighted by atomic mass is 16.5. The first-order valence-corrected chi connectivity index (χ1v) is 6.30. The van der Waals surface area contributed by atoms with E-state index < -0.39 is 0 Å². The molecule has 1 atom stereocenters. The molecule has 4 heteroatoms. The van der Waals surface area contributed by atoms with Crippen molar-refractivity contribution in [2.24, 2.45) is 5.73 Å². The number of pyridine rings is 1. The monoisotopic (exact) mass is 235 g/mol. The van der Waals surface area contributed by atoms with Gasteiger partial charge in [-0.25, -0.2) is 0 Å². The van der Waals surface area contributed by atoms with Gasteiger partial charge in [-0.2, -0.15) is 0 Å². The third-order valence-corrected chi connectivity index (χ3v) is 3.14. The summed E-state index contributed by atoms with van der Waals surface area (Å²) in [4.78, 5) is 6.93. The predicted octanol–water partition coefficient (Wildman–Crippen LogP) is 1.15. The fraction of sp³-hybridized carbons (Fsp3) is 0.615. The molecule has 1 saturated heterocycles. The summed E-state index contributed by atoms with van der Waals surface area (Å²) in [5.74, 6) is 0. The van der Waals surface area contributed by atoms with Crippen molar-refractivity contribution in [3.63, 3.8) is 0 Å². The van der Waals surface area contributed by atoms with Crippen molar-refractivity contribution in [3.8, 4) is 0 Å². The fourth-order valence-electron chi connectivity index (χ4n) is 2.13. The van der Waals surface area contributed by atoms with Gasteiger partial charge >= 0.3 is 0 Å². The van der Waals surface area contributed by atoms with Crippen LogP contribution in [0.4, 0.5) is 0 Å². The number of hydrogen-bond acceptors (Lipinski definition) is 4. The van der Waals surface area contributed by atoms with Crippen molar-refractivity contribution in [2.75, 3.05) is 19.7 Å². The number of morpholine rings is 1. The van der Waals surface area contributed by atoms with Gasteiger partial charge in [0.25, 0.3) is 0 Å². The van der Waals surface area contributed by atoms with Crippen molar-refractivity contribution < 1.29 is 4.74 Å². The van der Waals surface area contributed by atoms with Crippen LogP contribution in [0.5, 0.6) is 0 Å². The molecule has 1 fully saturated rings. The third-order valence-electron chi connectivity index (χ3n) is 3.14. The molecule has 0 radical (unpaired) electrons. The zero-order valence-electron chi connectivity index (χ0n) is 10.4. The van der Waals surface area contributed by atoms with E-state index >= 15 is 0 Å². The van der Waals surface area contributed by atoms with E-state index in [9.17, 15) is 0 Å². The van der Waals surface area contributed by atoms with E-state index in [1.807, 2.05) is 12.1 Å². The molecule has 17 heavy (non-hydrogen) atoms. The van der Waals surface area contributed by atoms with Crippen molar-refractivity contribution in [3.05, 3.63) is 29.6 Å². The van der Waals surface area contributed by atoms with Crippen LogP contribution in [0.25, 0.3) is 0 Å². The average Bonchev–Trinajstić information content (AvgIpc) is 2.39. The lowest BCUT2D eigenvalue weighted by atomic mass is 10.2. The number of aromatic nitrogens is 1. The molecule has 0 saturated carbocycles. The van der Waals surface area contributed by atoms with Crippen LogP contribution in [-0.2, 0) is 17.8 Å². The van der Waals surface area contributed by atoms with Crippen LogP contribution in [0.3, 0.4) is 0 Å². The minimum Gasteiger partial charge on any atom is -0.376 e. The standard InChI is InChI=1S/C13H21N3O/c1-2-13-10-16(6-7-17-13)9-12-5-3-4-11(8-14)15-12/h3-5,13H,2,6-10,14H2,1H3. The van der Waals surface area contributed by atoms with Crippen molar-refractivity contribution in [1.29, 1.82) is 0 Å². The van der Waals surface area contributed by atoms with Gasteiger partial charge in [0, 0.05) is 26.2 Å². The normalized spacial score (nSPS) is 21.6. The highest BCUT2D eigenvalue weighted by Crippen LogP contribution is 2.11. The quantitative estimate of drug-likeness (QED) is 0.850. The van der Waals surface area contributed by atoms with Gasteiger partial charge in [-0.05, 0) is 18.6 Å². The molecule has 1 aliphatic heterocycles. The molecule has 2 heterocycles. The summed E-state index contributed by atoms with van der Waals surface area (Å²) < 4.78 is 5.66. The minimum atomic E-state index is 0.376. The first-order chi connectivity index (χ1) is 8.31. The highest BCUT2D eigenvalue weighted by Gasteiger charge is 2.19. The van der Waals surface area contributed by atoms with Crippen molar-refractivity contribution in [2.45, 2.75) is 32.5 Å². The van der Waals surface area contributed by atoms with E-state index in [2.05, 4.69) is 22.9 Å². The van der Waals surface area contributed by atoms with Crippen LogP contribution in [0.1, 0.15) is 24.7 Å². The Labute approximate surface area is 103 Å². The molecule has 2 N–H and O–H groups in total. The smallest absolute Gasteiger partial charge is 0.0700 e. The summed E-state index contributed by atoms with van der Waals surface area (Å²) >= 11 is 0. The molecule has 0 aromatic carbocycles. The molecule has 0 amide bonds. The van der Waals surface area contributed by atoms with Gasteiger partial charge in [-0.1, -0.05) is 13.0 Å². The van der Waals surface area contributed by atoms with Crippen LogP contribution >= 0.6 is 0 Å². The maximum atomic E-state index is 5.66. The SMILES string of the molecule is CCC1CN(Cc2cccc(CN)n2)CCO1. The summed E-state index contributed by atoms with van der Waals surface area (Å²) in [5.41, 5.74) is 7.66. The average molecular weight is 235 g/mol. The Bertz CT molecular complexity index is 356. The molecule has 2 rings (SSSR count). The predicted molar refractivity (Wildman–Crippen MR) is 67.4 cm³/mol. The Morgan fingerprint density at radius 2 is 2.29 bits per heavy atom. The van der Waals surface area contributed by atoms with E-state index in [1.165, 1.54) is 0 Å². The summed E-state index contributed by atoms with van der Waals surface area (Å²) in [6.07, 6.45) is 1.45. The molecule has 4 nitrogen and oxygen atoms in total. The minimum absolute atomic E-state index is 0.376. The van der Waals surface area contributed by atoms with E-state index in [-0.39, 0.29) is 0 Å². The first kappa shape index (κ1) is 12.5. The van der Waals surface area contributed by atoms with Crippen LogP contribution in [0, 0.1) is 0 Å². The molecular weight excluding hydrogens is 214 g/mol. The Morgan fingerprint density at radius 1 is 1.47 bits per heavy atom. The molecule has 1 unspecified atom stereocenters. The second-order valence-electron chi connectivity index (χ2n) is 4.46. The van der Waals surface area contributed by atoms with E-state index in [0.717, 1.165) is 44.0 Å². The third kappa shape index (κ3) is 3.49. The molecule has 94 valence electrons. The second-order valence-corrected chi connectivity index (χ2v) is 4.46.